The van der Waals surface area contributed by atoms with Gasteiger partial charge >= 0.3 is 11.4 Å². The highest BCUT2D eigenvalue weighted by Crippen LogP contribution is 2.29. The molecule has 0 atom stereocenters. The van der Waals surface area contributed by atoms with Gasteiger partial charge in [-0.25, -0.2) is 9.36 Å². The minimum Gasteiger partial charge on any atom is -0.258 e. The van der Waals surface area contributed by atoms with E-state index in [0.29, 0.717) is 5.69 Å². The maximum atomic E-state index is 11.4. The summed E-state index contributed by atoms with van der Waals surface area (Å²) in [6, 6.07) is 8.75. The molecule has 3 aromatic rings. The normalized spacial score (nSPS) is 10.7. The molecule has 2 aromatic heterocycles. The quantitative estimate of drug-likeness (QED) is 0.537. The van der Waals surface area contributed by atoms with Crippen molar-refractivity contribution in [2.45, 2.75) is 6.92 Å². The highest BCUT2D eigenvalue weighted by molar-refractivity contribution is 5.55. The smallest absolute Gasteiger partial charge is 0.258 e. The van der Waals surface area contributed by atoms with Gasteiger partial charge in [0.25, 0.3) is 0 Å². The average Bonchev–Trinajstić information content (AvgIpc) is 3.12. The van der Waals surface area contributed by atoms with Gasteiger partial charge in [0, 0.05) is 0 Å². The zero-order valence-corrected chi connectivity index (χ0v) is 11.9. The predicted molar refractivity (Wildman–Crippen MR) is 78.7 cm³/mol. The molecule has 0 radical (unpaired) electrons. The van der Waals surface area contributed by atoms with E-state index < -0.39 is 9.85 Å². The van der Waals surface area contributed by atoms with Gasteiger partial charge in [-0.2, -0.15) is 10.2 Å². The third-order valence-corrected chi connectivity index (χ3v) is 3.19. The molecule has 0 bridgehead atoms. The number of rotatable bonds is 4. The van der Waals surface area contributed by atoms with Gasteiger partial charge in [0.15, 0.2) is 0 Å². The van der Waals surface area contributed by atoms with Gasteiger partial charge in [0.1, 0.15) is 18.1 Å². The maximum Gasteiger partial charge on any atom is 0.336 e. The second-order valence-corrected chi connectivity index (χ2v) is 4.66. The Kier molecular flexibility index (Phi) is 3.33. The van der Waals surface area contributed by atoms with Crippen LogP contribution in [0.1, 0.15) is 5.69 Å². The van der Waals surface area contributed by atoms with E-state index in [0.717, 1.165) is 17.1 Å². The van der Waals surface area contributed by atoms with E-state index in [9.17, 15) is 20.2 Å². The van der Waals surface area contributed by atoms with Crippen molar-refractivity contribution in [1.29, 1.82) is 0 Å². The number of nitro groups is 2. The van der Waals surface area contributed by atoms with Crippen LogP contribution in [0.5, 0.6) is 0 Å². The zero-order chi connectivity index (χ0) is 16.6. The SMILES string of the molecule is Cc1nn(-c2ccccc2)c(-n2cc([N+](=O)[O-])cn2)c1[N+](=O)[O-]. The van der Waals surface area contributed by atoms with Crippen molar-refractivity contribution >= 4 is 11.4 Å². The maximum absolute atomic E-state index is 11.4. The fourth-order valence-electron chi connectivity index (χ4n) is 2.20. The van der Waals surface area contributed by atoms with Crippen molar-refractivity contribution < 1.29 is 9.85 Å². The van der Waals surface area contributed by atoms with E-state index in [-0.39, 0.29) is 22.9 Å². The lowest BCUT2D eigenvalue weighted by Gasteiger charge is -2.05. The summed E-state index contributed by atoms with van der Waals surface area (Å²) in [5.41, 5.74) is 0.244. The predicted octanol–water partition coefficient (Wildman–Crippen LogP) is 2.18. The molecule has 3 rings (SSSR count). The summed E-state index contributed by atoms with van der Waals surface area (Å²) in [6.45, 7) is 1.50. The van der Waals surface area contributed by atoms with Crippen LogP contribution in [-0.2, 0) is 0 Å². The van der Waals surface area contributed by atoms with Crippen LogP contribution in [0.15, 0.2) is 42.7 Å². The molecule has 0 aliphatic rings. The summed E-state index contributed by atoms with van der Waals surface area (Å²) < 4.78 is 2.42. The molecule has 0 aliphatic heterocycles. The molecule has 0 spiro atoms. The Morgan fingerprint density at radius 2 is 1.78 bits per heavy atom. The van der Waals surface area contributed by atoms with Crippen molar-refractivity contribution in [3.05, 3.63) is 68.6 Å². The molecule has 0 saturated heterocycles. The van der Waals surface area contributed by atoms with Gasteiger partial charge in [-0.05, 0) is 19.1 Å². The number of aromatic nitrogens is 4. The molecule has 0 amide bonds. The number of para-hydroxylation sites is 1. The third kappa shape index (κ3) is 2.41. The fourth-order valence-corrected chi connectivity index (χ4v) is 2.20. The first-order valence-electron chi connectivity index (χ1n) is 6.48. The largest absolute Gasteiger partial charge is 0.336 e. The molecule has 1 aromatic carbocycles. The first-order valence-corrected chi connectivity index (χ1v) is 6.48. The second-order valence-electron chi connectivity index (χ2n) is 4.66. The van der Waals surface area contributed by atoms with E-state index in [1.165, 1.54) is 11.6 Å². The van der Waals surface area contributed by atoms with Crippen molar-refractivity contribution in [2.75, 3.05) is 0 Å². The number of benzene rings is 1. The van der Waals surface area contributed by atoms with Crippen LogP contribution in [0.25, 0.3) is 11.5 Å². The molecular weight excluding hydrogens is 304 g/mol. The molecule has 0 saturated carbocycles. The summed E-state index contributed by atoms with van der Waals surface area (Å²) in [5, 5.41) is 30.2. The van der Waals surface area contributed by atoms with Crippen LogP contribution in [0.4, 0.5) is 11.4 Å². The summed E-state index contributed by atoms with van der Waals surface area (Å²) in [6.07, 6.45) is 2.14. The number of hydrogen-bond acceptors (Lipinski definition) is 6. The van der Waals surface area contributed by atoms with Gasteiger partial charge in [0.05, 0.1) is 15.5 Å². The Hall–Kier alpha value is -3.56. The molecule has 10 nitrogen and oxygen atoms in total. The molecular formula is C13H10N6O4. The van der Waals surface area contributed by atoms with E-state index in [1.54, 1.807) is 30.3 Å². The molecule has 0 aliphatic carbocycles. The lowest BCUT2D eigenvalue weighted by Crippen LogP contribution is -2.07. The summed E-state index contributed by atoms with van der Waals surface area (Å²) >= 11 is 0. The Morgan fingerprint density at radius 3 is 2.35 bits per heavy atom. The topological polar surface area (TPSA) is 122 Å². The summed E-state index contributed by atoms with van der Waals surface area (Å²) in [4.78, 5) is 21.0. The first-order chi connectivity index (χ1) is 11.0. The van der Waals surface area contributed by atoms with Crippen molar-refractivity contribution in [1.82, 2.24) is 19.6 Å². The van der Waals surface area contributed by atoms with Crippen molar-refractivity contribution in [3.8, 4) is 11.5 Å². The molecule has 0 fully saturated rings. The van der Waals surface area contributed by atoms with Crippen LogP contribution in [-0.4, -0.2) is 29.4 Å². The van der Waals surface area contributed by atoms with Crippen LogP contribution < -0.4 is 0 Å². The molecule has 0 unspecified atom stereocenters. The standard InChI is InChI=1S/C13H10N6O4/c1-9-12(19(22)23)13(16-8-11(7-14-16)18(20)21)17(15-9)10-5-3-2-4-6-10/h2-8H,1H3. The Morgan fingerprint density at radius 1 is 1.09 bits per heavy atom. The average molecular weight is 314 g/mol. The molecule has 116 valence electrons. The Labute approximate surface area is 128 Å². The van der Waals surface area contributed by atoms with E-state index in [4.69, 9.17) is 0 Å². The Bertz CT molecular complexity index is 899. The minimum absolute atomic E-state index is 0.0341. The van der Waals surface area contributed by atoms with Crippen LogP contribution in [0, 0.1) is 27.2 Å². The van der Waals surface area contributed by atoms with Crippen LogP contribution in [0.3, 0.4) is 0 Å². The third-order valence-electron chi connectivity index (χ3n) is 3.19. The van der Waals surface area contributed by atoms with Crippen LogP contribution >= 0.6 is 0 Å². The highest BCUT2D eigenvalue weighted by Gasteiger charge is 2.29. The van der Waals surface area contributed by atoms with Crippen molar-refractivity contribution in [2.24, 2.45) is 0 Å². The number of hydrogen-bond donors (Lipinski definition) is 0. The van der Waals surface area contributed by atoms with Gasteiger partial charge in [-0.3, -0.25) is 20.2 Å². The zero-order valence-electron chi connectivity index (χ0n) is 11.9. The van der Waals surface area contributed by atoms with E-state index in [2.05, 4.69) is 10.2 Å². The molecule has 2 heterocycles. The number of nitrogens with zero attached hydrogens (tertiary/aromatic N) is 6. The monoisotopic (exact) mass is 314 g/mol. The van der Waals surface area contributed by atoms with Gasteiger partial charge in [0.2, 0.25) is 5.82 Å². The van der Waals surface area contributed by atoms with Gasteiger partial charge < -0.3 is 0 Å². The van der Waals surface area contributed by atoms with Gasteiger partial charge in [-0.1, -0.05) is 18.2 Å². The summed E-state index contributed by atoms with van der Waals surface area (Å²) in [7, 11) is 0. The van der Waals surface area contributed by atoms with Crippen molar-refractivity contribution in [3.63, 3.8) is 0 Å². The number of aryl methyl sites for hydroxylation is 1. The summed E-state index contributed by atoms with van der Waals surface area (Å²) in [5.74, 6) is 0.0341. The minimum atomic E-state index is -0.620. The highest BCUT2D eigenvalue weighted by atomic mass is 16.6. The molecule has 23 heavy (non-hydrogen) atoms. The Balaban J connectivity index is 2.28. The fraction of sp³-hybridized carbons (Fsp3) is 0.0769. The second kappa shape index (κ2) is 5.33. The first kappa shape index (κ1) is 14.4. The lowest BCUT2D eigenvalue weighted by molar-refractivity contribution is -0.385. The van der Waals surface area contributed by atoms with Gasteiger partial charge in [-0.15, -0.1) is 0 Å². The van der Waals surface area contributed by atoms with Crippen LogP contribution in [0.2, 0.25) is 0 Å². The van der Waals surface area contributed by atoms with E-state index >= 15 is 0 Å². The lowest BCUT2D eigenvalue weighted by atomic mass is 10.3. The molecule has 10 heteroatoms. The van der Waals surface area contributed by atoms with E-state index in [1.807, 2.05) is 0 Å². The molecule has 0 N–H and O–H groups in total.